The molecule has 0 saturated heterocycles. The molecule has 0 spiro atoms. The van der Waals surface area contributed by atoms with E-state index in [0.29, 0.717) is 36.3 Å². The van der Waals surface area contributed by atoms with Crippen LogP contribution in [0.25, 0.3) is 5.76 Å². The van der Waals surface area contributed by atoms with Crippen molar-refractivity contribution in [1.29, 1.82) is 0 Å². The Hall–Kier alpha value is -3.24. The van der Waals surface area contributed by atoms with Gasteiger partial charge in [-0.15, -0.1) is 0 Å². The van der Waals surface area contributed by atoms with Gasteiger partial charge in [0.1, 0.15) is 35.6 Å². The zero-order valence-electron chi connectivity index (χ0n) is 25.1. The van der Waals surface area contributed by atoms with Gasteiger partial charge < -0.3 is 34.0 Å². The maximum Gasteiger partial charge on any atom is 0.302 e. The number of ketones is 1. The highest BCUT2D eigenvalue weighted by atomic mass is 16.6. The van der Waals surface area contributed by atoms with E-state index < -0.39 is 52.8 Å². The molecule has 42 heavy (non-hydrogen) atoms. The number of aliphatic hydroxyl groups is 2. The minimum absolute atomic E-state index is 0.0185. The number of nitrogens with zero attached hydrogens (tertiary/aromatic N) is 1. The van der Waals surface area contributed by atoms with Crippen molar-refractivity contribution in [2.45, 2.75) is 91.3 Å². The largest absolute Gasteiger partial charge is 0.486 e. The van der Waals surface area contributed by atoms with Gasteiger partial charge >= 0.3 is 11.9 Å². The predicted octanol–water partition coefficient (Wildman–Crippen LogP) is 3.71. The highest BCUT2D eigenvalue weighted by molar-refractivity contribution is 5.76. The fourth-order valence-electron chi connectivity index (χ4n) is 8.56. The van der Waals surface area contributed by atoms with Gasteiger partial charge in [0.2, 0.25) is 6.29 Å². The average molecular weight is 584 g/mol. The van der Waals surface area contributed by atoms with Crippen LogP contribution in [0.1, 0.15) is 72.8 Å². The first-order valence-corrected chi connectivity index (χ1v) is 14.6. The number of hydrogen-bond acceptors (Lipinski definition) is 10. The standard InChI is InChI=1S/C32H41NO9/c1-17(34)12-21-13-24-30(4,10-9-25(40-19(3)36)31(24,5)16-39-18(2)35)28-27(37)26-23(42-32(21,28)6)14-22(41-29(26)38)20-8-7-11-33-15-20/h7-8,11,14-15,21,24-25,27-29,37-38H,9-10,12-13,16H2,1-6H3. The molecule has 0 aromatic carbocycles. The molecule has 2 aliphatic heterocycles. The zero-order chi connectivity index (χ0) is 30.6. The summed E-state index contributed by atoms with van der Waals surface area (Å²) < 4.78 is 24.1. The summed E-state index contributed by atoms with van der Waals surface area (Å²) in [4.78, 5) is 40.9. The highest BCUT2D eigenvalue weighted by Crippen LogP contribution is 2.68. The van der Waals surface area contributed by atoms with E-state index >= 15 is 0 Å². The lowest BCUT2D eigenvalue weighted by atomic mass is 9.41. The van der Waals surface area contributed by atoms with Gasteiger partial charge in [-0.3, -0.25) is 14.6 Å². The smallest absolute Gasteiger partial charge is 0.302 e. The number of carbonyl (C=O) groups is 3. The lowest BCUT2D eigenvalue weighted by molar-refractivity contribution is -0.266. The van der Waals surface area contributed by atoms with E-state index in [1.807, 2.05) is 13.8 Å². The highest BCUT2D eigenvalue weighted by Gasteiger charge is 2.70. The molecular weight excluding hydrogens is 542 g/mol. The van der Waals surface area contributed by atoms with Crippen LogP contribution in [0.3, 0.4) is 0 Å². The maximum atomic E-state index is 12.7. The van der Waals surface area contributed by atoms with Gasteiger partial charge in [-0.25, -0.2) is 0 Å². The molecule has 3 heterocycles. The Labute approximate surface area is 246 Å². The van der Waals surface area contributed by atoms with Crippen LogP contribution in [0, 0.1) is 28.6 Å². The quantitative estimate of drug-likeness (QED) is 0.476. The van der Waals surface area contributed by atoms with E-state index in [0.717, 1.165) is 0 Å². The minimum atomic E-state index is -1.46. The van der Waals surface area contributed by atoms with Gasteiger partial charge in [0.15, 0.2) is 0 Å². The molecule has 5 rings (SSSR count). The Morgan fingerprint density at radius 2 is 1.86 bits per heavy atom. The third-order valence-electron chi connectivity index (χ3n) is 10.3. The van der Waals surface area contributed by atoms with E-state index in [2.05, 4.69) is 11.9 Å². The van der Waals surface area contributed by atoms with Crippen LogP contribution >= 0.6 is 0 Å². The van der Waals surface area contributed by atoms with Crippen molar-refractivity contribution in [3.63, 3.8) is 0 Å². The molecule has 1 aromatic heterocycles. The number of hydrogen-bond donors (Lipinski definition) is 2. The molecule has 2 saturated carbocycles. The topological polar surface area (TPSA) is 141 Å². The average Bonchev–Trinajstić information content (AvgIpc) is 2.90. The number of Topliss-reactive ketones (excluding diaryl/α,β-unsaturated/α-hetero) is 1. The second-order valence-electron chi connectivity index (χ2n) is 13.1. The lowest BCUT2D eigenvalue weighted by Gasteiger charge is -2.67. The van der Waals surface area contributed by atoms with Crippen LogP contribution in [0.2, 0.25) is 0 Å². The molecule has 0 radical (unpaired) electrons. The molecule has 0 amide bonds. The van der Waals surface area contributed by atoms with Gasteiger partial charge in [-0.2, -0.15) is 0 Å². The van der Waals surface area contributed by atoms with Crippen LogP contribution in [-0.4, -0.2) is 63.6 Å². The first-order chi connectivity index (χ1) is 19.7. The van der Waals surface area contributed by atoms with Gasteiger partial charge in [-0.05, 0) is 56.6 Å². The number of allylic oxidation sites excluding steroid dienone is 1. The van der Waals surface area contributed by atoms with Crippen LogP contribution in [-0.2, 0) is 33.3 Å². The van der Waals surface area contributed by atoms with Crippen molar-refractivity contribution in [3.8, 4) is 0 Å². The summed E-state index contributed by atoms with van der Waals surface area (Å²) >= 11 is 0. The first-order valence-electron chi connectivity index (χ1n) is 14.6. The third-order valence-corrected chi connectivity index (χ3v) is 10.3. The summed E-state index contributed by atoms with van der Waals surface area (Å²) in [6, 6.07) is 3.56. The van der Waals surface area contributed by atoms with Gasteiger partial charge in [-0.1, -0.05) is 13.8 Å². The number of ether oxygens (including phenoxy) is 4. The predicted molar refractivity (Wildman–Crippen MR) is 150 cm³/mol. The number of esters is 2. The lowest BCUT2D eigenvalue weighted by Crippen LogP contribution is -2.70. The molecule has 1 aromatic rings. The molecule has 10 nitrogen and oxygen atoms in total. The first kappa shape index (κ1) is 30.2. The minimum Gasteiger partial charge on any atom is -0.486 e. The van der Waals surface area contributed by atoms with E-state index in [4.69, 9.17) is 18.9 Å². The second-order valence-corrected chi connectivity index (χ2v) is 13.1. The van der Waals surface area contributed by atoms with Gasteiger partial charge in [0, 0.05) is 61.6 Å². The molecule has 2 fully saturated rings. The summed E-state index contributed by atoms with van der Waals surface area (Å²) in [5.74, 6) is -1.32. The zero-order valence-corrected chi connectivity index (χ0v) is 25.1. The Kier molecular flexibility index (Phi) is 7.77. The van der Waals surface area contributed by atoms with Crippen LogP contribution < -0.4 is 0 Å². The van der Waals surface area contributed by atoms with Crippen LogP contribution in [0.4, 0.5) is 0 Å². The molecule has 9 unspecified atom stereocenters. The van der Waals surface area contributed by atoms with Crippen LogP contribution in [0.15, 0.2) is 41.9 Å². The maximum absolute atomic E-state index is 12.7. The number of rotatable bonds is 6. The molecule has 10 heteroatoms. The second kappa shape index (κ2) is 10.8. The van der Waals surface area contributed by atoms with E-state index in [-0.39, 0.29) is 36.2 Å². The Balaban J connectivity index is 1.64. The van der Waals surface area contributed by atoms with Crippen LogP contribution in [0.5, 0.6) is 0 Å². The Morgan fingerprint density at radius 3 is 2.48 bits per heavy atom. The normalized spacial score (nSPS) is 38.9. The van der Waals surface area contributed by atoms with Crippen molar-refractivity contribution >= 4 is 23.5 Å². The van der Waals surface area contributed by atoms with Crippen molar-refractivity contribution in [2.75, 3.05) is 6.61 Å². The molecule has 2 aliphatic carbocycles. The van der Waals surface area contributed by atoms with E-state index in [1.54, 1.807) is 30.6 Å². The van der Waals surface area contributed by atoms with Gasteiger partial charge in [0.25, 0.3) is 0 Å². The SMILES string of the molecule is CC(=O)CC1CC2C(C)(COC(C)=O)C(OC(C)=O)CCC2(C)C2C(O)C3=C(C=C(c4cccnc4)OC3O)OC12C. The Morgan fingerprint density at radius 1 is 1.12 bits per heavy atom. The number of carbonyl (C=O) groups excluding carboxylic acids is 3. The fraction of sp³-hybridized carbons (Fsp3) is 0.625. The van der Waals surface area contributed by atoms with Crippen molar-refractivity contribution in [1.82, 2.24) is 4.98 Å². The summed E-state index contributed by atoms with van der Waals surface area (Å²) in [6.45, 7) is 10.3. The number of aliphatic hydroxyl groups excluding tert-OH is 2. The Bertz CT molecular complexity index is 1320. The van der Waals surface area contributed by atoms with E-state index in [1.165, 1.54) is 20.8 Å². The number of fused-ring (bicyclic) bond motifs is 3. The number of pyridine rings is 1. The molecule has 9 atom stereocenters. The molecule has 4 aliphatic rings. The fourth-order valence-corrected chi connectivity index (χ4v) is 8.56. The molecule has 2 N–H and O–H groups in total. The van der Waals surface area contributed by atoms with Crippen molar-refractivity contribution in [2.24, 2.45) is 28.6 Å². The summed E-state index contributed by atoms with van der Waals surface area (Å²) in [5, 5.41) is 23.4. The van der Waals surface area contributed by atoms with Gasteiger partial charge in [0.05, 0.1) is 11.7 Å². The third kappa shape index (κ3) is 4.92. The van der Waals surface area contributed by atoms with E-state index in [9.17, 15) is 24.6 Å². The molecule has 0 bridgehead atoms. The molecule has 228 valence electrons. The summed E-state index contributed by atoms with van der Waals surface area (Å²) in [6.07, 6.45) is 3.56. The monoisotopic (exact) mass is 583 g/mol. The summed E-state index contributed by atoms with van der Waals surface area (Å²) in [7, 11) is 0. The number of aromatic nitrogens is 1. The van der Waals surface area contributed by atoms with Crippen molar-refractivity contribution in [3.05, 3.63) is 47.5 Å². The molecular formula is C32H41NO9. The van der Waals surface area contributed by atoms with Crippen molar-refractivity contribution < 1.29 is 43.5 Å². The summed E-state index contributed by atoms with van der Waals surface area (Å²) in [5.41, 5.74) is -1.52.